The van der Waals surface area contributed by atoms with E-state index in [4.69, 9.17) is 5.41 Å². The molecule has 0 spiro atoms. The number of thiophene rings is 1. The number of hydrogen-bond acceptors (Lipinski definition) is 5. The van der Waals surface area contributed by atoms with Crippen LogP contribution in [0.4, 0.5) is 0 Å². The first-order valence-electron chi connectivity index (χ1n) is 9.58. The van der Waals surface area contributed by atoms with Crippen LogP contribution in [0.3, 0.4) is 0 Å². The molecule has 1 saturated heterocycles. The molecule has 0 saturated carbocycles. The van der Waals surface area contributed by atoms with Gasteiger partial charge in [0.15, 0.2) is 0 Å². The molecule has 0 radical (unpaired) electrons. The van der Waals surface area contributed by atoms with Gasteiger partial charge in [-0.15, -0.1) is 23.1 Å². The monoisotopic (exact) mass is 431 g/mol. The molecule has 3 aromatic rings. The first kappa shape index (κ1) is 20.4. The first-order valence-corrected chi connectivity index (χ1v) is 11.3. The predicted molar refractivity (Wildman–Crippen MR) is 123 cm³/mol. The van der Waals surface area contributed by atoms with Crippen molar-refractivity contribution in [2.24, 2.45) is 0 Å². The van der Waals surface area contributed by atoms with Gasteiger partial charge in [-0.1, -0.05) is 37.3 Å². The van der Waals surface area contributed by atoms with Crippen molar-refractivity contribution < 1.29 is 4.79 Å². The summed E-state index contributed by atoms with van der Waals surface area (Å²) in [6.45, 7) is 2.09. The van der Waals surface area contributed by atoms with Crippen LogP contribution in [-0.2, 0) is 10.2 Å². The minimum Gasteiger partial charge on any atom is -0.303 e. The van der Waals surface area contributed by atoms with E-state index in [1.807, 2.05) is 48.5 Å². The molecule has 1 aliphatic heterocycles. The maximum Gasteiger partial charge on any atom is 0.242 e. The predicted octanol–water partition coefficient (Wildman–Crippen LogP) is 5.54. The number of thioether (sulfide) groups is 1. The molecule has 4 rings (SSSR count). The Morgan fingerprint density at radius 1 is 1.17 bits per heavy atom. The second-order valence-electron chi connectivity index (χ2n) is 7.64. The molecular formula is C24H21N3OS2. The average Bonchev–Trinajstić information content (AvgIpc) is 3.27. The Labute approximate surface area is 184 Å². The van der Waals surface area contributed by atoms with Crippen LogP contribution < -0.4 is 0 Å². The minimum absolute atomic E-state index is 0.0379. The summed E-state index contributed by atoms with van der Waals surface area (Å²) in [5.74, 6) is 0.304. The van der Waals surface area contributed by atoms with Crippen LogP contribution in [0, 0.1) is 16.7 Å². The lowest BCUT2D eigenvalue weighted by Crippen LogP contribution is -2.55. The number of likely N-dealkylation sites (tertiary alicyclic amines) is 1. The van der Waals surface area contributed by atoms with Crippen LogP contribution in [-0.4, -0.2) is 28.9 Å². The van der Waals surface area contributed by atoms with Crippen molar-refractivity contribution in [1.82, 2.24) is 4.90 Å². The molecule has 1 fully saturated rings. The Bertz CT molecular complexity index is 1150. The standard InChI is InChI=1S/C24H21N3OS2/c1-24(20-12-18(15-29-20)17-8-6-7-16(11-17)14-25)13-21(26)27(2)23(28)22(24)30-19-9-4-3-5-10-19/h3-12,15,22,26H,13H2,1-2H3/t22-,24-/m1/s1. The summed E-state index contributed by atoms with van der Waals surface area (Å²) in [5, 5.41) is 19.3. The van der Waals surface area contributed by atoms with E-state index in [9.17, 15) is 10.1 Å². The van der Waals surface area contributed by atoms with Gasteiger partial charge >= 0.3 is 0 Å². The lowest BCUT2D eigenvalue weighted by Gasteiger charge is -2.43. The number of nitrogens with one attached hydrogen (secondary N) is 1. The van der Waals surface area contributed by atoms with Crippen molar-refractivity contribution >= 4 is 34.8 Å². The quantitative estimate of drug-likeness (QED) is 0.589. The largest absolute Gasteiger partial charge is 0.303 e. The van der Waals surface area contributed by atoms with Crippen LogP contribution in [0.5, 0.6) is 0 Å². The summed E-state index contributed by atoms with van der Waals surface area (Å²) in [5.41, 5.74) is 2.16. The zero-order chi connectivity index (χ0) is 21.3. The number of nitriles is 1. The lowest BCUT2D eigenvalue weighted by atomic mass is 9.77. The Balaban J connectivity index is 1.74. The van der Waals surface area contributed by atoms with Crippen LogP contribution in [0.25, 0.3) is 11.1 Å². The summed E-state index contributed by atoms with van der Waals surface area (Å²) >= 11 is 3.19. The molecule has 30 heavy (non-hydrogen) atoms. The first-order chi connectivity index (χ1) is 14.4. The van der Waals surface area contributed by atoms with E-state index in [-0.39, 0.29) is 11.2 Å². The third kappa shape index (κ3) is 3.67. The van der Waals surface area contributed by atoms with Gasteiger partial charge < -0.3 is 4.90 Å². The van der Waals surface area contributed by atoms with Gasteiger partial charge in [-0.25, -0.2) is 0 Å². The molecule has 0 unspecified atom stereocenters. The van der Waals surface area contributed by atoms with E-state index in [0.717, 1.165) is 20.9 Å². The molecule has 1 aromatic heterocycles. The fourth-order valence-corrected chi connectivity index (χ4v) is 6.23. The number of carbonyl (C=O) groups is 1. The number of rotatable bonds is 4. The van der Waals surface area contributed by atoms with Gasteiger partial charge in [0.1, 0.15) is 5.84 Å². The second kappa shape index (κ2) is 8.10. The molecule has 1 N–H and O–H groups in total. The number of hydrogen-bond donors (Lipinski definition) is 1. The fourth-order valence-electron chi connectivity index (χ4n) is 3.73. The number of benzene rings is 2. The third-order valence-electron chi connectivity index (χ3n) is 5.56. The Morgan fingerprint density at radius 3 is 2.67 bits per heavy atom. The highest BCUT2D eigenvalue weighted by Crippen LogP contribution is 2.47. The highest BCUT2D eigenvalue weighted by atomic mass is 32.2. The van der Waals surface area contributed by atoms with E-state index >= 15 is 0 Å². The Morgan fingerprint density at radius 2 is 1.93 bits per heavy atom. The molecule has 2 aromatic carbocycles. The highest BCUT2D eigenvalue weighted by molar-refractivity contribution is 8.00. The molecule has 150 valence electrons. The summed E-state index contributed by atoms with van der Waals surface area (Å²) in [7, 11) is 1.69. The molecule has 0 bridgehead atoms. The third-order valence-corrected chi connectivity index (χ3v) is 8.27. The van der Waals surface area contributed by atoms with Gasteiger partial charge in [0.05, 0.1) is 16.9 Å². The molecule has 1 amide bonds. The average molecular weight is 432 g/mol. The zero-order valence-corrected chi connectivity index (χ0v) is 18.4. The molecular weight excluding hydrogens is 410 g/mol. The van der Waals surface area contributed by atoms with E-state index in [0.29, 0.717) is 17.8 Å². The summed E-state index contributed by atoms with van der Waals surface area (Å²) in [4.78, 5) is 16.8. The lowest BCUT2D eigenvalue weighted by molar-refractivity contribution is -0.128. The van der Waals surface area contributed by atoms with Crippen molar-refractivity contribution in [3.63, 3.8) is 0 Å². The van der Waals surface area contributed by atoms with Gasteiger partial charge in [-0.3, -0.25) is 10.2 Å². The fraction of sp³-hybridized carbons (Fsp3) is 0.208. The summed E-state index contributed by atoms with van der Waals surface area (Å²) in [6.07, 6.45) is 0.498. The van der Waals surface area contributed by atoms with E-state index in [1.54, 1.807) is 36.2 Å². The molecule has 0 aliphatic carbocycles. The van der Waals surface area contributed by atoms with Gasteiger partial charge in [-0.05, 0) is 46.8 Å². The number of nitrogens with zero attached hydrogens (tertiary/aromatic N) is 2. The van der Waals surface area contributed by atoms with Crippen LogP contribution in [0.2, 0.25) is 0 Å². The number of amides is 1. The second-order valence-corrected chi connectivity index (χ2v) is 9.73. The van der Waals surface area contributed by atoms with E-state index in [2.05, 4.69) is 24.4 Å². The number of piperidine rings is 1. The van der Waals surface area contributed by atoms with Gasteiger partial charge in [0, 0.05) is 28.7 Å². The summed E-state index contributed by atoms with van der Waals surface area (Å²) in [6, 6.07) is 21.8. The molecule has 4 nitrogen and oxygen atoms in total. The molecule has 1 aliphatic rings. The van der Waals surface area contributed by atoms with Crippen molar-refractivity contribution in [2.75, 3.05) is 7.05 Å². The van der Waals surface area contributed by atoms with Gasteiger partial charge in [0.25, 0.3) is 0 Å². The van der Waals surface area contributed by atoms with Gasteiger partial charge in [0.2, 0.25) is 5.91 Å². The number of amidine groups is 1. The summed E-state index contributed by atoms with van der Waals surface area (Å²) < 4.78 is 0. The van der Waals surface area contributed by atoms with Crippen molar-refractivity contribution in [3.05, 3.63) is 76.5 Å². The van der Waals surface area contributed by atoms with Crippen LogP contribution >= 0.6 is 23.1 Å². The Kier molecular flexibility index (Phi) is 5.50. The zero-order valence-electron chi connectivity index (χ0n) is 16.8. The topological polar surface area (TPSA) is 68.0 Å². The number of carbonyl (C=O) groups excluding carboxylic acids is 1. The maximum absolute atomic E-state index is 13.2. The van der Waals surface area contributed by atoms with E-state index < -0.39 is 5.41 Å². The van der Waals surface area contributed by atoms with Gasteiger partial charge in [-0.2, -0.15) is 5.26 Å². The maximum atomic E-state index is 13.2. The van der Waals surface area contributed by atoms with Crippen molar-refractivity contribution in [2.45, 2.75) is 28.9 Å². The van der Waals surface area contributed by atoms with E-state index in [1.165, 1.54) is 4.90 Å². The van der Waals surface area contributed by atoms with Crippen molar-refractivity contribution in [3.8, 4) is 17.2 Å². The Hall–Kier alpha value is -2.88. The van der Waals surface area contributed by atoms with Crippen LogP contribution in [0.1, 0.15) is 23.8 Å². The minimum atomic E-state index is -0.489. The highest BCUT2D eigenvalue weighted by Gasteiger charge is 2.49. The smallest absolute Gasteiger partial charge is 0.242 e. The SMILES string of the molecule is CN1C(=N)C[C@](C)(c2cc(-c3cccc(C#N)c3)cs2)[C@H](Sc2ccccc2)C1=O. The normalized spacial score (nSPS) is 21.5. The molecule has 2 heterocycles. The molecule has 6 heteroatoms. The van der Waals surface area contributed by atoms with Crippen molar-refractivity contribution in [1.29, 1.82) is 10.7 Å². The van der Waals surface area contributed by atoms with Crippen LogP contribution in [0.15, 0.2) is 70.9 Å². The molecule has 2 atom stereocenters.